The van der Waals surface area contributed by atoms with Crippen molar-refractivity contribution in [1.82, 2.24) is 24.8 Å². The molecule has 1 aliphatic rings. The lowest BCUT2D eigenvalue weighted by atomic mass is 9.99. The van der Waals surface area contributed by atoms with Gasteiger partial charge in [-0.05, 0) is 19.4 Å². The van der Waals surface area contributed by atoms with Gasteiger partial charge in [-0.2, -0.15) is 13.2 Å². The van der Waals surface area contributed by atoms with E-state index in [2.05, 4.69) is 19.9 Å². The zero-order valence-corrected chi connectivity index (χ0v) is 14.0. The van der Waals surface area contributed by atoms with E-state index in [-0.39, 0.29) is 12.5 Å². The number of hydrogen-bond donors (Lipinski definition) is 1. The van der Waals surface area contributed by atoms with Gasteiger partial charge in [-0.3, -0.25) is 4.79 Å². The Morgan fingerprint density at radius 3 is 2.96 bits per heavy atom. The maximum atomic E-state index is 12.5. The first-order valence-corrected chi connectivity index (χ1v) is 8.26. The smallest absolute Gasteiger partial charge is 0.346 e. The van der Waals surface area contributed by atoms with Crippen molar-refractivity contribution in [3.63, 3.8) is 0 Å². The van der Waals surface area contributed by atoms with Gasteiger partial charge in [0.1, 0.15) is 12.2 Å². The molecule has 1 amide bonds. The highest BCUT2D eigenvalue weighted by molar-refractivity contribution is 6.04. The summed E-state index contributed by atoms with van der Waals surface area (Å²) in [4.78, 5) is 29.4. The molecule has 1 saturated heterocycles. The number of carbonyl (C=O) groups is 1. The number of aromatic amines is 1. The van der Waals surface area contributed by atoms with Gasteiger partial charge in [-0.25, -0.2) is 15.0 Å². The summed E-state index contributed by atoms with van der Waals surface area (Å²) in [7, 11) is 0. The first-order chi connectivity index (χ1) is 12.3. The van der Waals surface area contributed by atoms with Crippen LogP contribution < -0.4 is 0 Å². The van der Waals surface area contributed by atoms with Crippen molar-refractivity contribution < 1.29 is 18.0 Å². The zero-order valence-electron chi connectivity index (χ0n) is 14.0. The van der Waals surface area contributed by atoms with E-state index in [1.54, 1.807) is 12.4 Å². The molecule has 1 N–H and O–H groups in total. The molecule has 1 fully saturated rings. The number of pyridine rings is 1. The van der Waals surface area contributed by atoms with Crippen molar-refractivity contribution in [1.29, 1.82) is 0 Å². The average Bonchev–Trinajstić information content (AvgIpc) is 3.21. The second kappa shape index (κ2) is 5.93. The first-order valence-electron chi connectivity index (χ1n) is 8.26. The SMILES string of the molecule is Cc1nc2cnc3nccc3c2c(C2CCN(C(=O)CC(F)(F)F)C2)[nH]1. The van der Waals surface area contributed by atoms with Gasteiger partial charge in [-0.15, -0.1) is 0 Å². The third-order valence-electron chi connectivity index (χ3n) is 4.69. The number of nitrogens with zero attached hydrogens (tertiary/aromatic N) is 4. The summed E-state index contributed by atoms with van der Waals surface area (Å²) in [5, 5.41) is 1.72. The molecule has 3 aromatic rings. The van der Waals surface area contributed by atoms with E-state index < -0.39 is 18.5 Å². The van der Waals surface area contributed by atoms with Gasteiger partial charge in [0.25, 0.3) is 0 Å². The number of alkyl halides is 3. The quantitative estimate of drug-likeness (QED) is 0.759. The molecule has 3 aromatic heterocycles. The van der Waals surface area contributed by atoms with E-state index in [1.807, 2.05) is 13.0 Å². The van der Waals surface area contributed by atoms with Gasteiger partial charge in [0.2, 0.25) is 5.91 Å². The van der Waals surface area contributed by atoms with Gasteiger partial charge in [0.05, 0.1) is 11.7 Å². The standard InChI is InChI=1S/C17H16F3N5O/c1-9-23-12-7-22-16-11(2-4-21-16)14(12)15(24-9)10-3-5-25(8-10)13(26)6-17(18,19)20/h2,4,7,10H,3,5-6,8H2,1H3,(H,23,24). The molecule has 0 spiro atoms. The summed E-state index contributed by atoms with van der Waals surface area (Å²) in [6, 6.07) is 1.85. The van der Waals surface area contributed by atoms with Crippen LogP contribution in [0.2, 0.25) is 0 Å². The summed E-state index contributed by atoms with van der Waals surface area (Å²) in [6.45, 7) is 2.38. The topological polar surface area (TPSA) is 74.8 Å². The van der Waals surface area contributed by atoms with Crippen molar-refractivity contribution >= 4 is 27.8 Å². The zero-order chi connectivity index (χ0) is 18.5. The predicted octanol–water partition coefficient (Wildman–Crippen LogP) is 3.08. The van der Waals surface area contributed by atoms with Crippen LogP contribution >= 0.6 is 0 Å². The molecule has 0 bridgehead atoms. The van der Waals surface area contributed by atoms with Crippen LogP contribution in [0.5, 0.6) is 0 Å². The molecular formula is C17H16F3N5O. The molecule has 26 heavy (non-hydrogen) atoms. The van der Waals surface area contributed by atoms with E-state index in [9.17, 15) is 18.0 Å². The fourth-order valence-corrected chi connectivity index (χ4v) is 3.60. The Morgan fingerprint density at radius 1 is 1.38 bits per heavy atom. The number of hydrogen-bond acceptors (Lipinski definition) is 4. The molecule has 4 heterocycles. The molecule has 0 aliphatic carbocycles. The third-order valence-corrected chi connectivity index (χ3v) is 4.69. The van der Waals surface area contributed by atoms with Crippen molar-refractivity contribution in [2.45, 2.75) is 31.9 Å². The minimum absolute atomic E-state index is 0.0862. The average molecular weight is 363 g/mol. The maximum absolute atomic E-state index is 12.5. The molecule has 9 heteroatoms. The fraction of sp³-hybridized carbons (Fsp3) is 0.412. The largest absolute Gasteiger partial charge is 0.397 e. The van der Waals surface area contributed by atoms with Crippen molar-refractivity contribution in [3.05, 3.63) is 30.0 Å². The summed E-state index contributed by atoms with van der Waals surface area (Å²) in [6.07, 6.45) is -2.00. The summed E-state index contributed by atoms with van der Waals surface area (Å²) in [5.41, 5.74) is 2.17. The first kappa shape index (κ1) is 16.7. The monoisotopic (exact) mass is 363 g/mol. The number of aryl methyl sites for hydroxylation is 1. The predicted molar refractivity (Wildman–Crippen MR) is 88.5 cm³/mol. The highest BCUT2D eigenvalue weighted by atomic mass is 19.4. The number of rotatable bonds is 2. The Labute approximate surface area is 146 Å². The summed E-state index contributed by atoms with van der Waals surface area (Å²) >= 11 is 0. The summed E-state index contributed by atoms with van der Waals surface area (Å²) < 4.78 is 37.5. The number of fused-ring (bicyclic) bond motifs is 3. The van der Waals surface area contributed by atoms with Crippen LogP contribution in [0.1, 0.15) is 30.3 Å². The molecule has 1 unspecified atom stereocenters. The highest BCUT2D eigenvalue weighted by Gasteiger charge is 2.36. The lowest BCUT2D eigenvalue weighted by molar-refractivity contribution is -0.160. The van der Waals surface area contributed by atoms with Gasteiger partial charge < -0.3 is 9.88 Å². The van der Waals surface area contributed by atoms with Crippen LogP contribution in [0.15, 0.2) is 18.5 Å². The van der Waals surface area contributed by atoms with Crippen molar-refractivity contribution in [2.75, 3.05) is 13.1 Å². The molecule has 4 rings (SSSR count). The summed E-state index contributed by atoms with van der Waals surface area (Å²) in [5.74, 6) is -0.276. The van der Waals surface area contributed by atoms with E-state index in [0.717, 1.165) is 16.5 Å². The van der Waals surface area contributed by atoms with Crippen LogP contribution in [-0.2, 0) is 4.79 Å². The Kier molecular flexibility index (Phi) is 3.82. The Hall–Kier alpha value is -2.71. The van der Waals surface area contributed by atoms with Gasteiger partial charge >= 0.3 is 6.18 Å². The molecule has 0 saturated carbocycles. The molecule has 0 radical (unpaired) electrons. The number of likely N-dealkylation sites (tertiary alicyclic amines) is 1. The fourth-order valence-electron chi connectivity index (χ4n) is 3.60. The number of nitrogens with one attached hydrogen (secondary N) is 1. The number of carbonyl (C=O) groups excluding carboxylic acids is 1. The normalized spacial score (nSPS) is 18.2. The molecule has 1 aliphatic heterocycles. The van der Waals surface area contributed by atoms with E-state index in [4.69, 9.17) is 0 Å². The van der Waals surface area contributed by atoms with Crippen LogP contribution in [0.4, 0.5) is 13.2 Å². The Morgan fingerprint density at radius 2 is 2.19 bits per heavy atom. The minimum atomic E-state index is -4.49. The van der Waals surface area contributed by atoms with Crippen molar-refractivity contribution in [2.24, 2.45) is 0 Å². The molecular weight excluding hydrogens is 347 g/mol. The highest BCUT2D eigenvalue weighted by Crippen LogP contribution is 2.34. The molecule has 0 aromatic carbocycles. The maximum Gasteiger partial charge on any atom is 0.397 e. The number of amides is 1. The van der Waals surface area contributed by atoms with E-state index >= 15 is 0 Å². The second-order valence-corrected chi connectivity index (χ2v) is 6.55. The van der Waals surface area contributed by atoms with Crippen LogP contribution in [0.25, 0.3) is 21.9 Å². The lowest BCUT2D eigenvalue weighted by Crippen LogP contribution is -2.32. The van der Waals surface area contributed by atoms with Gasteiger partial charge in [0, 0.05) is 41.7 Å². The van der Waals surface area contributed by atoms with Crippen LogP contribution in [0, 0.1) is 6.92 Å². The van der Waals surface area contributed by atoms with Crippen LogP contribution in [-0.4, -0.2) is 50.0 Å². The lowest BCUT2D eigenvalue weighted by Gasteiger charge is -2.19. The third kappa shape index (κ3) is 2.97. The van der Waals surface area contributed by atoms with E-state index in [1.165, 1.54) is 4.90 Å². The number of halogens is 3. The number of aromatic nitrogens is 4. The van der Waals surface area contributed by atoms with E-state index in [0.29, 0.717) is 30.0 Å². The second-order valence-electron chi connectivity index (χ2n) is 6.55. The number of H-pyrrole nitrogens is 1. The minimum Gasteiger partial charge on any atom is -0.346 e. The van der Waals surface area contributed by atoms with Crippen molar-refractivity contribution in [3.8, 4) is 0 Å². The Bertz CT molecular complexity index is 997. The van der Waals surface area contributed by atoms with Gasteiger partial charge in [-0.1, -0.05) is 0 Å². The molecule has 136 valence electrons. The molecule has 1 atom stereocenters. The van der Waals surface area contributed by atoms with Gasteiger partial charge in [0.15, 0.2) is 5.65 Å². The molecule has 6 nitrogen and oxygen atoms in total. The Balaban J connectivity index is 1.71. The van der Waals surface area contributed by atoms with Crippen LogP contribution in [0.3, 0.4) is 0 Å².